The second-order valence-electron chi connectivity index (χ2n) is 6.48. The Morgan fingerprint density at radius 1 is 1.30 bits per heavy atom. The van der Waals surface area contributed by atoms with Crippen LogP contribution in [-0.2, 0) is 0 Å². The van der Waals surface area contributed by atoms with E-state index in [1.165, 1.54) is 0 Å². The number of benzene rings is 1. The van der Waals surface area contributed by atoms with Crippen LogP contribution in [0.5, 0.6) is 0 Å². The summed E-state index contributed by atoms with van der Waals surface area (Å²) in [6.07, 6.45) is 1.94. The van der Waals surface area contributed by atoms with E-state index < -0.39 is 17.5 Å². The van der Waals surface area contributed by atoms with Crippen LogP contribution in [0.2, 0.25) is 0 Å². The topological polar surface area (TPSA) is 55.1 Å². The Bertz CT molecular complexity index is 543. The molecule has 0 saturated heterocycles. The highest BCUT2D eigenvalue weighted by molar-refractivity contribution is 5.94. The Balaban J connectivity index is 2.26. The number of anilines is 1. The van der Waals surface area contributed by atoms with Crippen LogP contribution in [0.25, 0.3) is 0 Å². The molecule has 2 atom stereocenters. The molecule has 1 aromatic carbocycles. The smallest absolute Gasteiger partial charge is 0.251 e. The van der Waals surface area contributed by atoms with Crippen LogP contribution in [0, 0.1) is 23.0 Å². The van der Waals surface area contributed by atoms with Gasteiger partial charge in [-0.25, -0.2) is 8.78 Å². The van der Waals surface area contributed by atoms with E-state index in [0.29, 0.717) is 12.0 Å². The molecule has 5 heteroatoms. The van der Waals surface area contributed by atoms with Crippen molar-refractivity contribution in [3.05, 3.63) is 29.3 Å². The van der Waals surface area contributed by atoms with Gasteiger partial charge >= 0.3 is 0 Å². The molecule has 1 fully saturated rings. The third kappa shape index (κ3) is 2.92. The Kier molecular flexibility index (Phi) is 3.71. The molecule has 0 aliphatic heterocycles. The van der Waals surface area contributed by atoms with E-state index in [4.69, 9.17) is 5.73 Å². The maximum atomic E-state index is 13.8. The molecule has 0 spiro atoms. The average Bonchev–Trinajstić information content (AvgIpc) is 2.55. The highest BCUT2D eigenvalue weighted by atomic mass is 19.1. The van der Waals surface area contributed by atoms with Crippen molar-refractivity contribution in [3.63, 3.8) is 0 Å². The number of halogens is 2. The number of rotatable bonds is 3. The fraction of sp³-hybridized carbons (Fsp3) is 0.533. The van der Waals surface area contributed by atoms with Crippen LogP contribution in [0.3, 0.4) is 0 Å². The van der Waals surface area contributed by atoms with Crippen molar-refractivity contribution < 1.29 is 13.6 Å². The van der Waals surface area contributed by atoms with Crippen LogP contribution >= 0.6 is 0 Å². The molecule has 1 aliphatic rings. The fourth-order valence-corrected chi connectivity index (χ4v) is 3.14. The maximum absolute atomic E-state index is 13.8. The van der Waals surface area contributed by atoms with Crippen LogP contribution in [-0.4, -0.2) is 11.9 Å². The summed E-state index contributed by atoms with van der Waals surface area (Å²) in [4.78, 5) is 11.1. The van der Waals surface area contributed by atoms with Crippen LogP contribution in [0.1, 0.15) is 44.0 Å². The third-order valence-electron chi connectivity index (χ3n) is 4.00. The molecule has 1 aliphatic carbocycles. The zero-order valence-electron chi connectivity index (χ0n) is 12.0. The van der Waals surface area contributed by atoms with Crippen LogP contribution in [0.15, 0.2) is 12.1 Å². The number of carbonyl (C=O) groups is 1. The standard InChI is InChI=1S/C15H20F2N2O/c1-8-6-15(2,3)7-13(8)19-12-4-9(14(18)20)10(16)5-11(12)17/h4-5,8,13,19H,6-7H2,1-3H3,(H2,18,20). The lowest BCUT2D eigenvalue weighted by Gasteiger charge is -2.20. The molecule has 0 heterocycles. The second-order valence-corrected chi connectivity index (χ2v) is 6.48. The number of nitrogens with two attached hydrogens (primary N) is 1. The van der Waals surface area contributed by atoms with Crippen LogP contribution < -0.4 is 11.1 Å². The lowest BCUT2D eigenvalue weighted by Crippen LogP contribution is -2.24. The summed E-state index contributed by atoms with van der Waals surface area (Å²) in [6, 6.07) is 1.96. The summed E-state index contributed by atoms with van der Waals surface area (Å²) < 4.78 is 27.2. The number of carbonyl (C=O) groups excluding carboxylic acids is 1. The first-order valence-corrected chi connectivity index (χ1v) is 6.75. The van der Waals surface area contributed by atoms with Crippen molar-refractivity contribution >= 4 is 11.6 Å². The maximum Gasteiger partial charge on any atom is 0.251 e. The predicted octanol–water partition coefficient (Wildman–Crippen LogP) is 3.30. The number of nitrogens with one attached hydrogen (secondary N) is 1. The summed E-state index contributed by atoms with van der Waals surface area (Å²) in [7, 11) is 0. The molecule has 2 rings (SSSR count). The molecular weight excluding hydrogens is 262 g/mol. The molecule has 2 unspecified atom stereocenters. The number of hydrogen-bond acceptors (Lipinski definition) is 2. The van der Waals surface area contributed by atoms with E-state index in [1.54, 1.807) is 0 Å². The van der Waals surface area contributed by atoms with E-state index in [2.05, 4.69) is 26.1 Å². The molecule has 0 aromatic heterocycles. The van der Waals surface area contributed by atoms with Crippen molar-refractivity contribution in [2.45, 2.75) is 39.7 Å². The van der Waals surface area contributed by atoms with Gasteiger partial charge in [0.05, 0.1) is 11.3 Å². The van der Waals surface area contributed by atoms with Crippen molar-refractivity contribution in [2.24, 2.45) is 17.1 Å². The van der Waals surface area contributed by atoms with Crippen molar-refractivity contribution in [1.82, 2.24) is 0 Å². The first kappa shape index (κ1) is 14.8. The summed E-state index contributed by atoms with van der Waals surface area (Å²) in [5, 5.41) is 3.09. The van der Waals surface area contributed by atoms with Gasteiger partial charge in [0.2, 0.25) is 0 Å². The summed E-state index contributed by atoms with van der Waals surface area (Å²) in [5.41, 5.74) is 5.12. The predicted molar refractivity (Wildman–Crippen MR) is 74.5 cm³/mol. The lowest BCUT2D eigenvalue weighted by molar-refractivity contribution is 0.0996. The largest absolute Gasteiger partial charge is 0.380 e. The first-order valence-electron chi connectivity index (χ1n) is 6.75. The molecule has 1 amide bonds. The van der Waals surface area contributed by atoms with Gasteiger partial charge in [-0.2, -0.15) is 0 Å². The van der Waals surface area contributed by atoms with E-state index in [9.17, 15) is 13.6 Å². The molecule has 0 bridgehead atoms. The Labute approximate surface area is 117 Å². The lowest BCUT2D eigenvalue weighted by atomic mass is 9.91. The average molecular weight is 282 g/mol. The van der Waals surface area contributed by atoms with Gasteiger partial charge in [-0.05, 0) is 30.2 Å². The van der Waals surface area contributed by atoms with Gasteiger partial charge in [0.25, 0.3) is 5.91 Å². The minimum Gasteiger partial charge on any atom is -0.380 e. The first-order chi connectivity index (χ1) is 9.19. The molecule has 1 aromatic rings. The molecule has 3 nitrogen and oxygen atoms in total. The molecule has 3 N–H and O–H groups in total. The zero-order chi connectivity index (χ0) is 15.1. The minimum atomic E-state index is -0.930. The van der Waals surface area contributed by atoms with E-state index in [1.807, 2.05) is 0 Å². The molecule has 1 saturated carbocycles. The zero-order valence-corrected chi connectivity index (χ0v) is 12.0. The normalized spacial score (nSPS) is 24.6. The van der Waals surface area contributed by atoms with Gasteiger partial charge in [0.15, 0.2) is 0 Å². The van der Waals surface area contributed by atoms with Gasteiger partial charge < -0.3 is 11.1 Å². The highest BCUT2D eigenvalue weighted by Crippen LogP contribution is 2.42. The van der Waals surface area contributed by atoms with Crippen molar-refractivity contribution in [3.8, 4) is 0 Å². The van der Waals surface area contributed by atoms with Gasteiger partial charge in [-0.1, -0.05) is 20.8 Å². The molecular formula is C15H20F2N2O. The third-order valence-corrected chi connectivity index (χ3v) is 4.00. The quantitative estimate of drug-likeness (QED) is 0.893. The van der Waals surface area contributed by atoms with Crippen molar-refractivity contribution in [1.29, 1.82) is 0 Å². The van der Waals surface area contributed by atoms with Crippen LogP contribution in [0.4, 0.5) is 14.5 Å². The second kappa shape index (κ2) is 5.04. The SMILES string of the molecule is CC1CC(C)(C)CC1Nc1cc(C(N)=O)c(F)cc1F. The fourth-order valence-electron chi connectivity index (χ4n) is 3.14. The van der Waals surface area contributed by atoms with Gasteiger partial charge in [0.1, 0.15) is 11.6 Å². The number of hydrogen-bond donors (Lipinski definition) is 2. The van der Waals surface area contributed by atoms with Crippen molar-refractivity contribution in [2.75, 3.05) is 5.32 Å². The van der Waals surface area contributed by atoms with Gasteiger partial charge in [0, 0.05) is 12.1 Å². The Hall–Kier alpha value is -1.65. The summed E-state index contributed by atoms with van der Waals surface area (Å²) >= 11 is 0. The molecule has 110 valence electrons. The van der Waals surface area contributed by atoms with E-state index >= 15 is 0 Å². The van der Waals surface area contributed by atoms with Gasteiger partial charge in [-0.15, -0.1) is 0 Å². The Morgan fingerprint density at radius 3 is 2.45 bits per heavy atom. The molecule has 20 heavy (non-hydrogen) atoms. The highest BCUT2D eigenvalue weighted by Gasteiger charge is 2.37. The number of amides is 1. The van der Waals surface area contributed by atoms with Gasteiger partial charge in [-0.3, -0.25) is 4.79 Å². The summed E-state index contributed by atoms with van der Waals surface area (Å²) in [6.45, 7) is 6.44. The van der Waals surface area contributed by atoms with E-state index in [0.717, 1.165) is 18.9 Å². The minimum absolute atomic E-state index is 0.102. The number of primary amides is 1. The molecule has 0 radical (unpaired) electrons. The summed E-state index contributed by atoms with van der Waals surface area (Å²) in [5.74, 6) is -2.15. The Morgan fingerprint density at radius 2 is 1.95 bits per heavy atom. The van der Waals surface area contributed by atoms with E-state index in [-0.39, 0.29) is 22.7 Å². The monoisotopic (exact) mass is 282 g/mol.